The van der Waals surface area contributed by atoms with E-state index >= 15 is 0 Å². The largest absolute Gasteiger partial charge is 0.477 e. The normalized spacial score (nSPS) is 11.6. The number of hydrogen-bond acceptors (Lipinski definition) is 4. The molecule has 0 bridgehead atoms. The van der Waals surface area contributed by atoms with E-state index in [0.717, 1.165) is 0 Å². The molecule has 1 heterocycles. The lowest BCUT2D eigenvalue weighted by Gasteiger charge is -2.16. The third-order valence-electron chi connectivity index (χ3n) is 2.11. The van der Waals surface area contributed by atoms with Gasteiger partial charge in [-0.2, -0.15) is 13.2 Å². The summed E-state index contributed by atoms with van der Waals surface area (Å²) in [5, 5.41) is 8.80. The highest BCUT2D eigenvalue weighted by molar-refractivity contribution is 7.17. The number of thiazole rings is 1. The lowest BCUT2D eigenvalue weighted by molar-refractivity contribution is -0.141. The Morgan fingerprint density at radius 3 is 2.24 bits per heavy atom. The van der Waals surface area contributed by atoms with Crippen molar-refractivity contribution in [2.75, 3.05) is 18.0 Å². The predicted octanol–water partition coefficient (Wildman–Crippen LogP) is 2.71. The van der Waals surface area contributed by atoms with Crippen LogP contribution < -0.4 is 4.90 Å². The first-order chi connectivity index (χ1) is 7.81. The number of carboxylic acids is 1. The molecule has 0 aromatic carbocycles. The molecule has 0 spiro atoms. The molecule has 4 nitrogen and oxygen atoms in total. The van der Waals surface area contributed by atoms with Gasteiger partial charge in [0.2, 0.25) is 0 Å². The van der Waals surface area contributed by atoms with E-state index in [-0.39, 0.29) is 5.13 Å². The Labute approximate surface area is 99.7 Å². The van der Waals surface area contributed by atoms with E-state index in [4.69, 9.17) is 5.11 Å². The molecule has 0 fully saturated rings. The minimum atomic E-state index is -4.74. The van der Waals surface area contributed by atoms with E-state index in [1.807, 2.05) is 0 Å². The maximum Gasteiger partial charge on any atom is 0.435 e. The molecule has 0 saturated carbocycles. The van der Waals surface area contributed by atoms with Gasteiger partial charge in [0.15, 0.2) is 10.8 Å². The number of nitrogens with zero attached hydrogens (tertiary/aromatic N) is 2. The topological polar surface area (TPSA) is 53.4 Å². The number of hydrogen-bond donors (Lipinski definition) is 1. The molecule has 1 rings (SSSR count). The molecular formula is C9H11F3N2O2S. The first-order valence-corrected chi connectivity index (χ1v) is 5.69. The van der Waals surface area contributed by atoms with Gasteiger partial charge in [-0.1, -0.05) is 11.3 Å². The Morgan fingerprint density at radius 2 is 1.94 bits per heavy atom. The van der Waals surface area contributed by atoms with Gasteiger partial charge in [0.25, 0.3) is 0 Å². The number of carboxylic acid groups (broad SMARTS) is 1. The van der Waals surface area contributed by atoms with Crippen molar-refractivity contribution >= 4 is 22.4 Å². The zero-order valence-corrected chi connectivity index (χ0v) is 10.0. The van der Waals surface area contributed by atoms with Crippen LogP contribution in [-0.2, 0) is 6.18 Å². The van der Waals surface area contributed by atoms with Crippen LogP contribution in [-0.4, -0.2) is 29.1 Å². The van der Waals surface area contributed by atoms with Crippen LogP contribution in [0.1, 0.15) is 29.2 Å². The molecule has 0 aliphatic carbocycles. The fourth-order valence-electron chi connectivity index (χ4n) is 1.28. The van der Waals surface area contributed by atoms with Gasteiger partial charge < -0.3 is 10.0 Å². The molecule has 1 aromatic heterocycles. The minimum Gasteiger partial charge on any atom is -0.477 e. The molecule has 0 aliphatic rings. The summed E-state index contributed by atoms with van der Waals surface area (Å²) in [5.74, 6) is -1.60. The summed E-state index contributed by atoms with van der Waals surface area (Å²) in [7, 11) is 0. The van der Waals surface area contributed by atoms with E-state index in [2.05, 4.69) is 4.98 Å². The number of alkyl halides is 3. The first kappa shape index (κ1) is 13.8. The predicted molar refractivity (Wildman–Crippen MR) is 57.6 cm³/mol. The molecule has 96 valence electrons. The highest BCUT2D eigenvalue weighted by Gasteiger charge is 2.40. The highest BCUT2D eigenvalue weighted by atomic mass is 32.1. The van der Waals surface area contributed by atoms with Crippen molar-refractivity contribution in [2.45, 2.75) is 20.0 Å². The molecular weight excluding hydrogens is 257 g/mol. The summed E-state index contributed by atoms with van der Waals surface area (Å²) in [5.41, 5.74) is -1.32. The molecule has 0 radical (unpaired) electrons. The van der Waals surface area contributed by atoms with Gasteiger partial charge >= 0.3 is 12.1 Å². The molecule has 17 heavy (non-hydrogen) atoms. The van der Waals surface area contributed by atoms with Gasteiger partial charge in [-0.25, -0.2) is 9.78 Å². The first-order valence-electron chi connectivity index (χ1n) is 4.87. The Kier molecular flexibility index (Phi) is 3.97. The average molecular weight is 268 g/mol. The summed E-state index contributed by atoms with van der Waals surface area (Å²) < 4.78 is 37.7. The van der Waals surface area contributed by atoms with Crippen LogP contribution in [0.3, 0.4) is 0 Å². The van der Waals surface area contributed by atoms with E-state index in [0.29, 0.717) is 24.4 Å². The number of halogens is 3. The van der Waals surface area contributed by atoms with E-state index < -0.39 is 22.7 Å². The van der Waals surface area contributed by atoms with Crippen LogP contribution >= 0.6 is 11.3 Å². The van der Waals surface area contributed by atoms with Crippen molar-refractivity contribution in [3.63, 3.8) is 0 Å². The average Bonchev–Trinajstić information content (AvgIpc) is 2.64. The van der Waals surface area contributed by atoms with Gasteiger partial charge in [0, 0.05) is 13.1 Å². The van der Waals surface area contributed by atoms with Crippen molar-refractivity contribution in [1.29, 1.82) is 0 Å². The molecule has 0 atom stereocenters. The van der Waals surface area contributed by atoms with Crippen molar-refractivity contribution in [1.82, 2.24) is 4.98 Å². The molecule has 0 amide bonds. The van der Waals surface area contributed by atoms with Crippen molar-refractivity contribution < 1.29 is 23.1 Å². The number of rotatable bonds is 4. The van der Waals surface area contributed by atoms with Gasteiger partial charge in [-0.15, -0.1) is 0 Å². The summed E-state index contributed by atoms with van der Waals surface area (Å²) in [4.78, 5) is 14.9. The van der Waals surface area contributed by atoms with E-state index in [9.17, 15) is 18.0 Å². The van der Waals surface area contributed by atoms with Crippen molar-refractivity contribution in [3.05, 3.63) is 10.6 Å². The van der Waals surface area contributed by atoms with Gasteiger partial charge in [0.05, 0.1) is 0 Å². The standard InChI is InChI=1S/C9H11F3N2O2S/c1-3-14(4-2)8-13-6(9(10,11)12)5(17-8)7(15)16/h3-4H2,1-2H3,(H,15,16). The van der Waals surface area contributed by atoms with Crippen LogP contribution in [0.25, 0.3) is 0 Å². The molecule has 1 aromatic rings. The maximum absolute atomic E-state index is 12.6. The van der Waals surface area contributed by atoms with Gasteiger partial charge in [-0.3, -0.25) is 0 Å². The zero-order valence-electron chi connectivity index (χ0n) is 9.21. The highest BCUT2D eigenvalue weighted by Crippen LogP contribution is 2.37. The lowest BCUT2D eigenvalue weighted by Crippen LogP contribution is -2.21. The number of aromatic nitrogens is 1. The Balaban J connectivity index is 3.26. The molecule has 0 saturated heterocycles. The van der Waals surface area contributed by atoms with Crippen molar-refractivity contribution in [2.24, 2.45) is 0 Å². The fraction of sp³-hybridized carbons (Fsp3) is 0.556. The van der Waals surface area contributed by atoms with Gasteiger partial charge in [-0.05, 0) is 13.8 Å². The number of anilines is 1. The third-order valence-corrected chi connectivity index (χ3v) is 3.22. The number of carbonyl (C=O) groups is 1. The number of aromatic carboxylic acids is 1. The van der Waals surface area contributed by atoms with Crippen LogP contribution in [0.15, 0.2) is 0 Å². The second kappa shape index (κ2) is 4.91. The summed E-state index contributed by atoms with van der Waals surface area (Å²) in [6.07, 6.45) is -4.74. The van der Waals surface area contributed by atoms with Crippen molar-refractivity contribution in [3.8, 4) is 0 Å². The lowest BCUT2D eigenvalue weighted by atomic mass is 10.3. The zero-order chi connectivity index (χ0) is 13.2. The second-order valence-electron chi connectivity index (χ2n) is 3.15. The molecule has 1 N–H and O–H groups in total. The van der Waals surface area contributed by atoms with Crippen LogP contribution in [0.2, 0.25) is 0 Å². The molecule has 0 unspecified atom stereocenters. The summed E-state index contributed by atoms with van der Waals surface area (Å²) in [6.45, 7) is 4.47. The Morgan fingerprint density at radius 1 is 1.41 bits per heavy atom. The van der Waals surface area contributed by atoms with E-state index in [1.54, 1.807) is 18.7 Å². The minimum absolute atomic E-state index is 0.0831. The Hall–Kier alpha value is -1.31. The SMILES string of the molecule is CCN(CC)c1nc(C(F)(F)F)c(C(=O)O)s1. The van der Waals surface area contributed by atoms with E-state index in [1.165, 1.54) is 0 Å². The molecule has 8 heteroatoms. The van der Waals surface area contributed by atoms with Gasteiger partial charge in [0.1, 0.15) is 4.88 Å². The second-order valence-corrected chi connectivity index (χ2v) is 4.13. The molecule has 0 aliphatic heterocycles. The van der Waals surface area contributed by atoms with Crippen LogP contribution in [0, 0.1) is 0 Å². The smallest absolute Gasteiger partial charge is 0.435 e. The van der Waals surface area contributed by atoms with Crippen LogP contribution in [0.5, 0.6) is 0 Å². The third kappa shape index (κ3) is 2.87. The monoisotopic (exact) mass is 268 g/mol. The summed E-state index contributed by atoms with van der Waals surface area (Å²) >= 11 is 0.547. The van der Waals surface area contributed by atoms with Crippen LogP contribution in [0.4, 0.5) is 18.3 Å². The fourth-order valence-corrected chi connectivity index (χ4v) is 2.33. The summed E-state index contributed by atoms with van der Waals surface area (Å²) in [6, 6.07) is 0. The quantitative estimate of drug-likeness (QED) is 0.912. The Bertz CT molecular complexity index is 413. The maximum atomic E-state index is 12.6.